The second-order valence-electron chi connectivity index (χ2n) is 7.15. The second kappa shape index (κ2) is 8.44. The first-order valence-corrected chi connectivity index (χ1v) is 10.2. The van der Waals surface area contributed by atoms with Crippen molar-refractivity contribution in [3.8, 4) is 5.75 Å². The minimum absolute atomic E-state index is 0.000121. The Hall–Kier alpha value is -2.55. The average molecular weight is 423 g/mol. The molecule has 2 nitrogen and oxygen atoms in total. The number of allylic oxidation sites excluding steroid dienone is 2. The van der Waals surface area contributed by atoms with Crippen LogP contribution in [0.3, 0.4) is 0 Å². The molecule has 2 unspecified atom stereocenters. The van der Waals surface area contributed by atoms with E-state index in [0.717, 1.165) is 28.9 Å². The summed E-state index contributed by atoms with van der Waals surface area (Å²) < 4.78 is 5.59. The van der Waals surface area contributed by atoms with Crippen molar-refractivity contribution in [1.29, 1.82) is 0 Å². The van der Waals surface area contributed by atoms with Gasteiger partial charge in [-0.1, -0.05) is 71.7 Å². The highest BCUT2D eigenvalue weighted by Crippen LogP contribution is 2.46. The molecular weight excluding hydrogens is 403 g/mol. The van der Waals surface area contributed by atoms with Gasteiger partial charge in [-0.25, -0.2) is 0 Å². The Morgan fingerprint density at radius 3 is 2.41 bits per heavy atom. The van der Waals surface area contributed by atoms with Crippen LogP contribution >= 0.6 is 23.2 Å². The van der Waals surface area contributed by atoms with Crippen LogP contribution < -0.4 is 4.74 Å². The number of halogens is 2. The summed E-state index contributed by atoms with van der Waals surface area (Å²) in [6, 6.07) is 22.8. The fraction of sp³-hybridized carbons (Fsp3) is 0.160. The van der Waals surface area contributed by atoms with E-state index in [9.17, 15) is 4.79 Å². The third-order valence-corrected chi connectivity index (χ3v) is 5.89. The van der Waals surface area contributed by atoms with Crippen LogP contribution in [0.2, 0.25) is 10.0 Å². The van der Waals surface area contributed by atoms with Gasteiger partial charge in [-0.05, 0) is 42.3 Å². The smallest absolute Gasteiger partial charge is 0.189 e. The van der Waals surface area contributed by atoms with Gasteiger partial charge < -0.3 is 4.74 Å². The first-order valence-electron chi connectivity index (χ1n) is 9.47. The number of ether oxygens (including phenoxy) is 1. The van der Waals surface area contributed by atoms with E-state index in [1.165, 1.54) is 0 Å². The van der Waals surface area contributed by atoms with Gasteiger partial charge in [-0.3, -0.25) is 4.79 Å². The molecule has 0 aromatic heterocycles. The summed E-state index contributed by atoms with van der Waals surface area (Å²) >= 11 is 12.2. The van der Waals surface area contributed by atoms with E-state index in [1.807, 2.05) is 54.6 Å². The molecule has 0 radical (unpaired) electrons. The SMILES string of the molecule is COc1ccccc1C1CC(c2ccc(Cl)cc2)C=C1C(=O)c1cccc(Cl)c1. The Bertz CT molecular complexity index is 1070. The van der Waals surface area contributed by atoms with E-state index < -0.39 is 0 Å². The van der Waals surface area contributed by atoms with Gasteiger partial charge in [0.1, 0.15) is 5.75 Å². The predicted octanol–water partition coefficient (Wildman–Crippen LogP) is 7.08. The number of hydrogen-bond acceptors (Lipinski definition) is 2. The molecule has 0 amide bonds. The summed E-state index contributed by atoms with van der Waals surface area (Å²) in [5, 5.41) is 1.25. The highest BCUT2D eigenvalue weighted by Gasteiger charge is 2.34. The Kier molecular flexibility index (Phi) is 5.75. The van der Waals surface area contributed by atoms with Gasteiger partial charge in [0, 0.05) is 38.6 Å². The molecule has 1 aliphatic carbocycles. The summed E-state index contributed by atoms with van der Waals surface area (Å²) in [4.78, 5) is 13.4. The van der Waals surface area contributed by atoms with Gasteiger partial charge in [0.2, 0.25) is 0 Å². The molecule has 0 saturated heterocycles. The zero-order valence-corrected chi connectivity index (χ0v) is 17.5. The number of carbonyl (C=O) groups excluding carboxylic acids is 1. The maximum Gasteiger partial charge on any atom is 0.189 e. The van der Waals surface area contributed by atoms with Gasteiger partial charge in [0.15, 0.2) is 5.78 Å². The van der Waals surface area contributed by atoms with Gasteiger partial charge in [0.05, 0.1) is 7.11 Å². The number of rotatable bonds is 5. The highest BCUT2D eigenvalue weighted by molar-refractivity contribution is 6.31. The monoisotopic (exact) mass is 422 g/mol. The van der Waals surface area contributed by atoms with Gasteiger partial charge in [0.25, 0.3) is 0 Å². The molecule has 0 N–H and O–H groups in total. The van der Waals surface area contributed by atoms with Crippen LogP contribution in [0.1, 0.15) is 39.7 Å². The maximum atomic E-state index is 13.4. The summed E-state index contributed by atoms with van der Waals surface area (Å²) in [5.41, 5.74) is 3.54. The fourth-order valence-electron chi connectivity index (χ4n) is 4.00. The average Bonchev–Trinajstić information content (AvgIpc) is 3.19. The van der Waals surface area contributed by atoms with E-state index in [-0.39, 0.29) is 17.6 Å². The quantitative estimate of drug-likeness (QED) is 0.410. The number of Topliss-reactive ketones (excluding diaryl/α,β-unsaturated/α-hetero) is 1. The minimum Gasteiger partial charge on any atom is -0.496 e. The zero-order chi connectivity index (χ0) is 20.4. The van der Waals surface area contributed by atoms with Gasteiger partial charge >= 0.3 is 0 Å². The lowest BCUT2D eigenvalue weighted by atomic mass is 9.86. The van der Waals surface area contributed by atoms with E-state index in [2.05, 4.69) is 6.08 Å². The molecule has 3 aromatic carbocycles. The molecule has 0 aliphatic heterocycles. The Labute approximate surface area is 180 Å². The van der Waals surface area contributed by atoms with Crippen molar-refractivity contribution in [2.45, 2.75) is 18.3 Å². The molecule has 0 saturated carbocycles. The summed E-state index contributed by atoms with van der Waals surface area (Å²) in [6.45, 7) is 0. The van der Waals surface area contributed by atoms with E-state index >= 15 is 0 Å². The number of para-hydroxylation sites is 1. The minimum atomic E-state index is -0.0571. The Morgan fingerprint density at radius 2 is 1.69 bits per heavy atom. The van der Waals surface area contributed by atoms with Crippen LogP contribution in [-0.2, 0) is 0 Å². The first-order chi connectivity index (χ1) is 14.1. The predicted molar refractivity (Wildman–Crippen MR) is 118 cm³/mol. The van der Waals surface area contributed by atoms with E-state index in [4.69, 9.17) is 27.9 Å². The molecule has 2 atom stereocenters. The first kappa shape index (κ1) is 19.8. The molecule has 146 valence electrons. The number of ketones is 1. The van der Waals surface area contributed by atoms with Crippen LogP contribution in [0.4, 0.5) is 0 Å². The normalized spacial score (nSPS) is 18.4. The molecule has 0 bridgehead atoms. The summed E-state index contributed by atoms with van der Waals surface area (Å²) in [5.74, 6) is 0.859. The van der Waals surface area contributed by atoms with E-state index in [0.29, 0.717) is 15.6 Å². The van der Waals surface area contributed by atoms with Crippen molar-refractivity contribution in [2.75, 3.05) is 7.11 Å². The van der Waals surface area contributed by atoms with E-state index in [1.54, 1.807) is 25.3 Å². The topological polar surface area (TPSA) is 26.3 Å². The Balaban J connectivity index is 1.78. The van der Waals surface area contributed by atoms with Crippen LogP contribution in [-0.4, -0.2) is 12.9 Å². The Morgan fingerprint density at radius 1 is 0.931 bits per heavy atom. The number of carbonyl (C=O) groups is 1. The molecule has 4 rings (SSSR count). The van der Waals surface area contributed by atoms with Crippen LogP contribution in [0.15, 0.2) is 84.4 Å². The molecule has 0 heterocycles. The van der Waals surface area contributed by atoms with Crippen LogP contribution in [0.25, 0.3) is 0 Å². The number of hydrogen-bond donors (Lipinski definition) is 0. The van der Waals surface area contributed by atoms with Crippen molar-refractivity contribution in [2.24, 2.45) is 0 Å². The molecule has 1 aliphatic rings. The van der Waals surface area contributed by atoms with Crippen molar-refractivity contribution in [3.05, 3.63) is 111 Å². The fourth-order valence-corrected chi connectivity index (χ4v) is 4.32. The molecule has 4 heteroatoms. The standard InChI is InChI=1S/C25H20Cl2O2/c1-29-24-8-3-2-7-21(24)22-14-18(16-9-11-19(26)12-10-16)15-23(22)25(28)17-5-4-6-20(27)13-17/h2-13,15,18,22H,14H2,1H3. The summed E-state index contributed by atoms with van der Waals surface area (Å²) in [6.07, 6.45) is 2.88. The summed E-state index contributed by atoms with van der Waals surface area (Å²) in [7, 11) is 1.66. The molecular formula is C25H20Cl2O2. The van der Waals surface area contributed by atoms with Gasteiger partial charge in [-0.2, -0.15) is 0 Å². The lowest BCUT2D eigenvalue weighted by Gasteiger charge is -2.19. The largest absolute Gasteiger partial charge is 0.496 e. The molecule has 3 aromatic rings. The zero-order valence-electron chi connectivity index (χ0n) is 15.9. The lowest BCUT2D eigenvalue weighted by Crippen LogP contribution is -2.10. The third kappa shape index (κ3) is 4.10. The van der Waals surface area contributed by atoms with Crippen LogP contribution in [0, 0.1) is 0 Å². The second-order valence-corrected chi connectivity index (χ2v) is 8.02. The van der Waals surface area contributed by atoms with Crippen molar-refractivity contribution >= 4 is 29.0 Å². The lowest BCUT2D eigenvalue weighted by molar-refractivity contribution is 0.102. The maximum absolute atomic E-state index is 13.4. The molecule has 0 fully saturated rings. The molecule has 29 heavy (non-hydrogen) atoms. The van der Waals surface area contributed by atoms with Crippen molar-refractivity contribution in [3.63, 3.8) is 0 Å². The van der Waals surface area contributed by atoms with Crippen molar-refractivity contribution < 1.29 is 9.53 Å². The van der Waals surface area contributed by atoms with Gasteiger partial charge in [-0.15, -0.1) is 0 Å². The number of methoxy groups -OCH3 is 1. The van der Waals surface area contributed by atoms with Crippen LogP contribution in [0.5, 0.6) is 5.75 Å². The van der Waals surface area contributed by atoms with Crippen molar-refractivity contribution in [1.82, 2.24) is 0 Å². The molecule has 0 spiro atoms. The highest BCUT2D eigenvalue weighted by atomic mass is 35.5. The number of benzene rings is 3. The third-order valence-electron chi connectivity index (χ3n) is 5.41.